The highest BCUT2D eigenvalue weighted by Gasteiger charge is 2.12. The number of carbonyl (C=O) groups is 1. The molecule has 0 aromatic heterocycles. The van der Waals surface area contributed by atoms with E-state index in [4.69, 9.17) is 5.73 Å². The van der Waals surface area contributed by atoms with Crippen molar-refractivity contribution in [2.45, 2.75) is 26.3 Å². The van der Waals surface area contributed by atoms with Crippen LogP contribution in [0.4, 0.5) is 0 Å². The fourth-order valence-corrected chi connectivity index (χ4v) is 0.888. The summed E-state index contributed by atoms with van der Waals surface area (Å²) in [7, 11) is 1.84. The van der Waals surface area contributed by atoms with Crippen LogP contribution < -0.4 is 11.1 Å². The topological polar surface area (TPSA) is 55.1 Å². The molecule has 0 aromatic carbocycles. The van der Waals surface area contributed by atoms with Crippen LogP contribution in [0.2, 0.25) is 0 Å². The molecule has 0 aliphatic rings. The van der Waals surface area contributed by atoms with Crippen LogP contribution in [0.5, 0.6) is 0 Å². The Hall–Kier alpha value is -0.570. The fourth-order valence-electron chi connectivity index (χ4n) is 0.888. The molecule has 3 nitrogen and oxygen atoms in total. The molecule has 0 bridgehead atoms. The van der Waals surface area contributed by atoms with Gasteiger partial charge >= 0.3 is 0 Å². The van der Waals surface area contributed by atoms with Crippen LogP contribution in [-0.2, 0) is 4.79 Å². The van der Waals surface area contributed by atoms with E-state index < -0.39 is 0 Å². The summed E-state index contributed by atoms with van der Waals surface area (Å²) in [4.78, 5) is 10.5. The molecule has 0 spiro atoms. The smallest absolute Gasteiger partial charge is 0.218 e. The van der Waals surface area contributed by atoms with Crippen LogP contribution in [0.25, 0.3) is 0 Å². The second-order valence-electron chi connectivity index (χ2n) is 2.81. The first-order valence-corrected chi connectivity index (χ1v) is 3.53. The zero-order chi connectivity index (χ0) is 8.15. The van der Waals surface area contributed by atoms with Crippen LogP contribution in [0.1, 0.15) is 20.3 Å². The molecule has 0 unspecified atom stereocenters. The molecule has 1 atom stereocenters. The molecule has 0 rings (SSSR count). The van der Waals surface area contributed by atoms with Crippen LogP contribution >= 0.6 is 0 Å². The molecule has 0 aliphatic carbocycles. The molecule has 0 saturated carbocycles. The first kappa shape index (κ1) is 9.43. The third kappa shape index (κ3) is 3.45. The highest BCUT2D eigenvalue weighted by Crippen LogP contribution is 2.03. The molecule has 1 amide bonds. The van der Waals surface area contributed by atoms with E-state index in [0.717, 1.165) is 0 Å². The predicted octanol–water partition coefficient (Wildman–Crippen LogP) is 0.106. The van der Waals surface area contributed by atoms with Crippen LogP contribution in [0.15, 0.2) is 0 Å². The number of carbonyl (C=O) groups excluding carboxylic acids is 1. The molecule has 0 aromatic rings. The summed E-state index contributed by atoms with van der Waals surface area (Å²) in [6.07, 6.45) is 0.425. The highest BCUT2D eigenvalue weighted by molar-refractivity contribution is 5.74. The van der Waals surface area contributed by atoms with Crippen molar-refractivity contribution in [1.29, 1.82) is 0 Å². The van der Waals surface area contributed by atoms with Crippen LogP contribution in [-0.4, -0.2) is 19.0 Å². The summed E-state index contributed by atoms with van der Waals surface area (Å²) in [5, 5.41) is 3.03. The Labute approximate surface area is 62.0 Å². The van der Waals surface area contributed by atoms with Gasteiger partial charge in [0.25, 0.3) is 0 Å². The van der Waals surface area contributed by atoms with Gasteiger partial charge in [-0.15, -0.1) is 0 Å². The Bertz CT molecular complexity index is 112. The molecule has 3 heteroatoms. The van der Waals surface area contributed by atoms with Gasteiger partial charge in [-0.05, 0) is 13.0 Å². The van der Waals surface area contributed by atoms with Crippen molar-refractivity contribution in [3.05, 3.63) is 0 Å². The molecular formula is C7H16N2O. The maximum atomic E-state index is 10.5. The van der Waals surface area contributed by atoms with E-state index in [9.17, 15) is 4.79 Å². The van der Waals surface area contributed by atoms with Crippen molar-refractivity contribution in [2.24, 2.45) is 11.7 Å². The minimum Gasteiger partial charge on any atom is -0.370 e. The van der Waals surface area contributed by atoms with E-state index in [0.29, 0.717) is 12.3 Å². The van der Waals surface area contributed by atoms with Crippen molar-refractivity contribution in [3.63, 3.8) is 0 Å². The second-order valence-corrected chi connectivity index (χ2v) is 2.81. The van der Waals surface area contributed by atoms with E-state index in [1.807, 2.05) is 7.05 Å². The summed E-state index contributed by atoms with van der Waals surface area (Å²) in [6.45, 7) is 4.12. The number of rotatable bonds is 4. The highest BCUT2D eigenvalue weighted by atomic mass is 16.1. The second kappa shape index (κ2) is 4.28. The third-order valence-electron chi connectivity index (χ3n) is 1.60. The van der Waals surface area contributed by atoms with Gasteiger partial charge in [-0.1, -0.05) is 13.8 Å². The van der Waals surface area contributed by atoms with Gasteiger partial charge in [0.2, 0.25) is 5.91 Å². The molecule has 0 aliphatic heterocycles. The van der Waals surface area contributed by atoms with Crippen molar-refractivity contribution >= 4 is 5.91 Å². The van der Waals surface area contributed by atoms with Crippen molar-refractivity contribution < 1.29 is 4.79 Å². The first-order chi connectivity index (χ1) is 4.57. The number of primary amides is 1. The lowest BCUT2D eigenvalue weighted by Gasteiger charge is -2.17. The number of hydrogen-bond donors (Lipinski definition) is 2. The van der Waals surface area contributed by atoms with Crippen molar-refractivity contribution in [2.75, 3.05) is 7.05 Å². The fraction of sp³-hybridized carbons (Fsp3) is 0.857. The van der Waals surface area contributed by atoms with Gasteiger partial charge in [-0.25, -0.2) is 0 Å². The first-order valence-electron chi connectivity index (χ1n) is 3.53. The van der Waals surface area contributed by atoms with Gasteiger partial charge in [0.15, 0.2) is 0 Å². The summed E-state index contributed by atoms with van der Waals surface area (Å²) >= 11 is 0. The number of hydrogen-bond acceptors (Lipinski definition) is 2. The largest absolute Gasteiger partial charge is 0.370 e. The molecule has 0 radical (unpaired) electrons. The summed E-state index contributed by atoms with van der Waals surface area (Å²) in [5.74, 6) is 0.213. The molecule has 60 valence electrons. The van der Waals surface area contributed by atoms with Crippen LogP contribution in [0.3, 0.4) is 0 Å². The average molecular weight is 144 g/mol. The summed E-state index contributed by atoms with van der Waals surface area (Å²) in [6, 6.07) is 0.220. The lowest BCUT2D eigenvalue weighted by atomic mass is 10.0. The average Bonchev–Trinajstić information content (AvgIpc) is 1.81. The monoisotopic (exact) mass is 144 g/mol. The van der Waals surface area contributed by atoms with Gasteiger partial charge in [-0.2, -0.15) is 0 Å². The summed E-state index contributed by atoms with van der Waals surface area (Å²) < 4.78 is 0. The van der Waals surface area contributed by atoms with Gasteiger partial charge in [0, 0.05) is 12.5 Å². The molecule has 10 heavy (non-hydrogen) atoms. The maximum absolute atomic E-state index is 10.5. The van der Waals surface area contributed by atoms with Gasteiger partial charge in [0.05, 0.1) is 0 Å². The molecule has 0 saturated heterocycles. The Morgan fingerprint density at radius 1 is 1.60 bits per heavy atom. The zero-order valence-electron chi connectivity index (χ0n) is 6.85. The zero-order valence-corrected chi connectivity index (χ0v) is 6.85. The quantitative estimate of drug-likeness (QED) is 0.588. The molecular weight excluding hydrogens is 128 g/mol. The van der Waals surface area contributed by atoms with E-state index >= 15 is 0 Å². The minimum absolute atomic E-state index is 0.220. The maximum Gasteiger partial charge on any atom is 0.218 e. The molecule has 0 fully saturated rings. The van der Waals surface area contributed by atoms with E-state index in [1.54, 1.807) is 0 Å². The predicted molar refractivity (Wildman–Crippen MR) is 41.5 cm³/mol. The Kier molecular flexibility index (Phi) is 4.03. The van der Waals surface area contributed by atoms with E-state index in [1.165, 1.54) is 0 Å². The lowest BCUT2D eigenvalue weighted by Crippen LogP contribution is -2.34. The molecule has 0 heterocycles. The Morgan fingerprint density at radius 2 is 2.10 bits per heavy atom. The van der Waals surface area contributed by atoms with Gasteiger partial charge in [0.1, 0.15) is 0 Å². The SMILES string of the molecule is CN[C@H](CC(N)=O)C(C)C. The van der Waals surface area contributed by atoms with E-state index in [-0.39, 0.29) is 11.9 Å². The van der Waals surface area contributed by atoms with E-state index in [2.05, 4.69) is 19.2 Å². The third-order valence-corrected chi connectivity index (χ3v) is 1.60. The van der Waals surface area contributed by atoms with Gasteiger partial charge < -0.3 is 11.1 Å². The van der Waals surface area contributed by atoms with Crippen molar-refractivity contribution in [1.82, 2.24) is 5.32 Å². The number of nitrogens with two attached hydrogens (primary N) is 1. The minimum atomic E-state index is -0.243. The normalized spacial score (nSPS) is 13.6. The Morgan fingerprint density at radius 3 is 2.20 bits per heavy atom. The molecule has 3 N–H and O–H groups in total. The van der Waals surface area contributed by atoms with Crippen molar-refractivity contribution in [3.8, 4) is 0 Å². The van der Waals surface area contributed by atoms with Crippen LogP contribution in [0, 0.1) is 5.92 Å². The Balaban J connectivity index is 3.71. The van der Waals surface area contributed by atoms with Gasteiger partial charge in [-0.3, -0.25) is 4.79 Å². The lowest BCUT2D eigenvalue weighted by molar-refractivity contribution is -0.118. The summed E-state index contributed by atoms with van der Waals surface area (Å²) in [5.41, 5.74) is 5.03. The standard InChI is InChI=1S/C7H16N2O/c1-5(2)6(9-3)4-7(8)10/h5-6,9H,4H2,1-3H3,(H2,8,10)/t6-/m1/s1. The number of nitrogens with one attached hydrogen (secondary N) is 1. The number of amides is 1.